The van der Waals surface area contributed by atoms with Gasteiger partial charge in [-0.1, -0.05) is 6.92 Å². The molecule has 1 atom stereocenters. The molecule has 1 fully saturated rings. The monoisotopic (exact) mass is 264 g/mol. The summed E-state index contributed by atoms with van der Waals surface area (Å²) in [5.41, 5.74) is 1.82. The van der Waals surface area contributed by atoms with Crippen LogP contribution in [-0.2, 0) is 0 Å². The molecule has 0 aliphatic carbocycles. The minimum absolute atomic E-state index is 0.0388. The molecule has 1 amide bonds. The lowest BCUT2D eigenvalue weighted by Crippen LogP contribution is -2.35. The number of amides is 1. The van der Waals surface area contributed by atoms with Crippen LogP contribution in [0.25, 0.3) is 0 Å². The molecule has 1 aliphatic rings. The van der Waals surface area contributed by atoms with Gasteiger partial charge in [0.25, 0.3) is 5.91 Å². The second-order valence-electron chi connectivity index (χ2n) is 5.13. The number of nitrogens with one attached hydrogen (secondary N) is 1. The number of hydrogen-bond donors (Lipinski definition) is 2. The maximum Gasteiger partial charge on any atom is 0.352 e. The van der Waals surface area contributed by atoms with Crippen LogP contribution in [0.3, 0.4) is 0 Å². The molecule has 0 spiro atoms. The molecule has 2 heterocycles. The highest BCUT2D eigenvalue weighted by atomic mass is 16.4. The molecule has 2 N–H and O–H groups in total. The summed E-state index contributed by atoms with van der Waals surface area (Å²) in [4.78, 5) is 28.4. The number of carboxylic acids is 1. The third-order valence-electron chi connectivity index (χ3n) is 3.97. The Hall–Kier alpha value is -1.78. The first-order chi connectivity index (χ1) is 8.97. The van der Waals surface area contributed by atoms with Gasteiger partial charge in [0.2, 0.25) is 0 Å². The van der Waals surface area contributed by atoms with Crippen molar-refractivity contribution in [2.45, 2.75) is 46.1 Å². The van der Waals surface area contributed by atoms with Gasteiger partial charge in [-0.3, -0.25) is 4.79 Å². The quantitative estimate of drug-likeness (QED) is 0.880. The van der Waals surface area contributed by atoms with Gasteiger partial charge in [-0.25, -0.2) is 4.79 Å². The average molecular weight is 264 g/mol. The maximum absolute atomic E-state index is 12.6. The molecule has 0 saturated carbocycles. The van der Waals surface area contributed by atoms with E-state index in [-0.39, 0.29) is 17.6 Å². The van der Waals surface area contributed by atoms with Gasteiger partial charge in [-0.15, -0.1) is 0 Å². The van der Waals surface area contributed by atoms with Gasteiger partial charge in [0.05, 0.1) is 5.56 Å². The molecule has 0 radical (unpaired) electrons. The lowest BCUT2D eigenvalue weighted by molar-refractivity contribution is 0.0690. The van der Waals surface area contributed by atoms with Gasteiger partial charge in [0, 0.05) is 18.3 Å². The fraction of sp³-hybridized carbons (Fsp3) is 0.571. The summed E-state index contributed by atoms with van der Waals surface area (Å²) in [5.74, 6) is -1.06. The standard InChI is InChI=1S/C14H20N2O3/c1-4-10-6-5-7-16(10)13(17)11-8(2)12(14(18)19)15-9(11)3/h10,15H,4-7H2,1-3H3,(H,18,19). The summed E-state index contributed by atoms with van der Waals surface area (Å²) >= 11 is 0. The fourth-order valence-electron chi connectivity index (χ4n) is 2.96. The molecule has 0 bridgehead atoms. The molecular formula is C14H20N2O3. The van der Waals surface area contributed by atoms with E-state index < -0.39 is 5.97 Å². The summed E-state index contributed by atoms with van der Waals surface area (Å²) in [5, 5.41) is 9.09. The first-order valence-electron chi connectivity index (χ1n) is 6.70. The number of carboxylic acid groups (broad SMARTS) is 1. The minimum Gasteiger partial charge on any atom is -0.477 e. The molecule has 104 valence electrons. The summed E-state index contributed by atoms with van der Waals surface area (Å²) < 4.78 is 0. The first kappa shape index (κ1) is 13.6. The number of hydrogen-bond acceptors (Lipinski definition) is 2. The molecule has 1 aliphatic heterocycles. The van der Waals surface area contributed by atoms with Crippen molar-refractivity contribution in [3.8, 4) is 0 Å². The van der Waals surface area contributed by atoms with Gasteiger partial charge in [0.15, 0.2) is 0 Å². The highest BCUT2D eigenvalue weighted by Gasteiger charge is 2.31. The number of H-pyrrole nitrogens is 1. The van der Waals surface area contributed by atoms with Crippen molar-refractivity contribution >= 4 is 11.9 Å². The van der Waals surface area contributed by atoms with Crippen LogP contribution in [0.4, 0.5) is 0 Å². The van der Waals surface area contributed by atoms with E-state index in [1.807, 2.05) is 4.90 Å². The minimum atomic E-state index is -1.02. The zero-order valence-corrected chi connectivity index (χ0v) is 11.6. The Labute approximate surface area is 112 Å². The van der Waals surface area contributed by atoms with Crippen molar-refractivity contribution in [2.75, 3.05) is 6.54 Å². The zero-order valence-electron chi connectivity index (χ0n) is 11.6. The van der Waals surface area contributed by atoms with Crippen molar-refractivity contribution in [1.29, 1.82) is 0 Å². The highest BCUT2D eigenvalue weighted by Crippen LogP contribution is 2.26. The Balaban J connectivity index is 2.36. The number of aromatic carboxylic acids is 1. The van der Waals surface area contributed by atoms with E-state index >= 15 is 0 Å². The maximum atomic E-state index is 12.6. The van der Waals surface area contributed by atoms with Crippen LogP contribution in [0.2, 0.25) is 0 Å². The van der Waals surface area contributed by atoms with Crippen molar-refractivity contribution in [3.63, 3.8) is 0 Å². The Morgan fingerprint density at radius 3 is 2.63 bits per heavy atom. The molecule has 1 aromatic rings. The fourth-order valence-corrected chi connectivity index (χ4v) is 2.96. The molecule has 19 heavy (non-hydrogen) atoms. The molecule has 2 rings (SSSR count). The summed E-state index contributed by atoms with van der Waals surface area (Å²) in [6.07, 6.45) is 3.01. The van der Waals surface area contributed by atoms with Crippen molar-refractivity contribution in [2.24, 2.45) is 0 Å². The predicted octanol–water partition coefficient (Wildman–Crippen LogP) is 2.34. The van der Waals surface area contributed by atoms with Gasteiger partial charge < -0.3 is 15.0 Å². The molecule has 0 aromatic carbocycles. The Bertz CT molecular complexity index is 519. The summed E-state index contributed by atoms with van der Waals surface area (Å²) in [6, 6.07) is 0.287. The lowest BCUT2D eigenvalue weighted by Gasteiger charge is -2.24. The van der Waals surface area contributed by atoms with Crippen LogP contribution in [0.15, 0.2) is 0 Å². The second-order valence-corrected chi connectivity index (χ2v) is 5.13. The molecule has 1 aromatic heterocycles. The normalized spacial score (nSPS) is 18.9. The Morgan fingerprint density at radius 2 is 2.11 bits per heavy atom. The summed E-state index contributed by atoms with van der Waals surface area (Å²) in [7, 11) is 0. The third kappa shape index (κ3) is 2.25. The largest absolute Gasteiger partial charge is 0.477 e. The number of aryl methyl sites for hydroxylation is 1. The first-order valence-corrected chi connectivity index (χ1v) is 6.70. The van der Waals surface area contributed by atoms with E-state index in [0.29, 0.717) is 16.8 Å². The molecule has 5 heteroatoms. The molecule has 5 nitrogen and oxygen atoms in total. The topological polar surface area (TPSA) is 73.4 Å². The van der Waals surface area contributed by atoms with E-state index in [9.17, 15) is 9.59 Å². The van der Waals surface area contributed by atoms with E-state index in [2.05, 4.69) is 11.9 Å². The van der Waals surface area contributed by atoms with Gasteiger partial charge in [-0.2, -0.15) is 0 Å². The van der Waals surface area contributed by atoms with Crippen LogP contribution in [0.5, 0.6) is 0 Å². The Morgan fingerprint density at radius 1 is 1.42 bits per heavy atom. The van der Waals surface area contributed by atoms with Crippen molar-refractivity contribution in [3.05, 3.63) is 22.5 Å². The van der Waals surface area contributed by atoms with Crippen LogP contribution in [0, 0.1) is 13.8 Å². The molecular weight excluding hydrogens is 244 g/mol. The number of aromatic nitrogens is 1. The number of carbonyl (C=O) groups is 2. The Kier molecular flexibility index (Phi) is 3.64. The van der Waals surface area contributed by atoms with E-state index in [1.54, 1.807) is 13.8 Å². The number of rotatable bonds is 3. The number of aromatic amines is 1. The molecule has 1 unspecified atom stereocenters. The third-order valence-corrected chi connectivity index (χ3v) is 3.97. The predicted molar refractivity (Wildman–Crippen MR) is 71.6 cm³/mol. The van der Waals surface area contributed by atoms with E-state index in [4.69, 9.17) is 5.11 Å². The van der Waals surface area contributed by atoms with Crippen molar-refractivity contribution < 1.29 is 14.7 Å². The average Bonchev–Trinajstić information content (AvgIpc) is 2.93. The van der Waals surface area contributed by atoms with Gasteiger partial charge in [-0.05, 0) is 38.7 Å². The smallest absolute Gasteiger partial charge is 0.352 e. The number of nitrogens with zero attached hydrogens (tertiary/aromatic N) is 1. The highest BCUT2D eigenvalue weighted by molar-refractivity contribution is 6.01. The number of likely N-dealkylation sites (tertiary alicyclic amines) is 1. The van der Waals surface area contributed by atoms with Crippen LogP contribution < -0.4 is 0 Å². The second kappa shape index (κ2) is 5.07. The van der Waals surface area contributed by atoms with E-state index in [1.165, 1.54) is 0 Å². The van der Waals surface area contributed by atoms with Crippen LogP contribution in [-0.4, -0.2) is 39.5 Å². The molecule has 1 saturated heterocycles. The summed E-state index contributed by atoms with van der Waals surface area (Å²) in [6.45, 7) is 6.29. The van der Waals surface area contributed by atoms with Crippen LogP contribution in [0.1, 0.15) is 58.3 Å². The van der Waals surface area contributed by atoms with Crippen molar-refractivity contribution in [1.82, 2.24) is 9.88 Å². The van der Waals surface area contributed by atoms with E-state index in [0.717, 1.165) is 25.8 Å². The number of carbonyl (C=O) groups excluding carboxylic acids is 1. The van der Waals surface area contributed by atoms with Crippen LogP contribution >= 0.6 is 0 Å². The SMILES string of the molecule is CCC1CCCN1C(=O)c1c(C)[nH]c(C(=O)O)c1C. The van der Waals surface area contributed by atoms with Gasteiger partial charge in [0.1, 0.15) is 5.69 Å². The van der Waals surface area contributed by atoms with Gasteiger partial charge >= 0.3 is 5.97 Å². The zero-order chi connectivity index (χ0) is 14.2. The lowest BCUT2D eigenvalue weighted by atomic mass is 10.1.